The number of carbonyl (C=O) groups is 2. The summed E-state index contributed by atoms with van der Waals surface area (Å²) in [4.78, 5) is 29.1. The molecule has 2 amide bonds. The summed E-state index contributed by atoms with van der Waals surface area (Å²) in [6, 6.07) is 21.4. The number of nitrogens with zero attached hydrogens (tertiary/aromatic N) is 4. The maximum atomic E-state index is 13.0. The van der Waals surface area contributed by atoms with Crippen molar-refractivity contribution in [1.29, 1.82) is 0 Å². The molecule has 0 radical (unpaired) electrons. The standard InChI is InChI=1S/C27H24N4O4/c1-18-5-4-6-21(17-18)25-29-28-24(35-25)19-9-11-20(12-10-19)26(33)30-13-15-31(16-14-30)27(34)22-7-2-3-8-23(22)32/h2-12,17,32H,13-16H2,1H3. The van der Waals surface area contributed by atoms with Crippen molar-refractivity contribution in [1.82, 2.24) is 20.0 Å². The van der Waals surface area contributed by atoms with Crippen LogP contribution in [0.4, 0.5) is 0 Å². The molecule has 1 aromatic heterocycles. The normalized spacial score (nSPS) is 13.6. The third-order valence-corrected chi connectivity index (χ3v) is 6.06. The molecule has 0 unspecified atom stereocenters. The van der Waals surface area contributed by atoms with Crippen LogP contribution in [-0.2, 0) is 0 Å². The fraction of sp³-hybridized carbons (Fsp3) is 0.185. The summed E-state index contributed by atoms with van der Waals surface area (Å²) in [6.07, 6.45) is 0. The molecule has 0 saturated carbocycles. The molecule has 1 aliphatic heterocycles. The fourth-order valence-corrected chi connectivity index (χ4v) is 4.11. The monoisotopic (exact) mass is 468 g/mol. The number of para-hydroxylation sites is 1. The number of carbonyl (C=O) groups excluding carboxylic acids is 2. The van der Waals surface area contributed by atoms with Crippen molar-refractivity contribution in [3.63, 3.8) is 0 Å². The Kier molecular flexibility index (Phi) is 6.01. The van der Waals surface area contributed by atoms with Crippen molar-refractivity contribution in [2.45, 2.75) is 6.92 Å². The predicted molar refractivity (Wildman–Crippen MR) is 130 cm³/mol. The van der Waals surface area contributed by atoms with Crippen LogP contribution in [0, 0.1) is 6.92 Å². The van der Waals surface area contributed by atoms with Crippen LogP contribution in [-0.4, -0.2) is 63.1 Å². The van der Waals surface area contributed by atoms with Crippen molar-refractivity contribution in [3.8, 4) is 28.7 Å². The highest BCUT2D eigenvalue weighted by molar-refractivity contribution is 5.97. The van der Waals surface area contributed by atoms with E-state index >= 15 is 0 Å². The average molecular weight is 469 g/mol. The summed E-state index contributed by atoms with van der Waals surface area (Å²) >= 11 is 0. The van der Waals surface area contributed by atoms with E-state index in [4.69, 9.17) is 4.42 Å². The van der Waals surface area contributed by atoms with Crippen LogP contribution in [0.1, 0.15) is 26.3 Å². The van der Waals surface area contributed by atoms with Crippen molar-refractivity contribution in [2.75, 3.05) is 26.2 Å². The molecule has 1 fully saturated rings. The molecule has 4 aromatic rings. The van der Waals surface area contributed by atoms with Crippen molar-refractivity contribution in [3.05, 3.63) is 89.5 Å². The molecule has 1 aliphatic rings. The minimum Gasteiger partial charge on any atom is -0.507 e. The van der Waals surface area contributed by atoms with E-state index in [2.05, 4.69) is 10.2 Å². The number of aromatic hydroxyl groups is 1. The molecule has 8 heteroatoms. The van der Waals surface area contributed by atoms with Crippen LogP contribution in [0.15, 0.2) is 77.2 Å². The van der Waals surface area contributed by atoms with E-state index in [1.807, 2.05) is 31.2 Å². The summed E-state index contributed by atoms with van der Waals surface area (Å²) in [6.45, 7) is 3.65. The van der Waals surface area contributed by atoms with Crippen molar-refractivity contribution in [2.24, 2.45) is 0 Å². The number of phenols is 1. The quantitative estimate of drug-likeness (QED) is 0.486. The predicted octanol–water partition coefficient (Wildman–Crippen LogP) is 4.02. The molecule has 1 saturated heterocycles. The Morgan fingerprint density at radius 1 is 0.771 bits per heavy atom. The number of piperazine rings is 1. The molecular weight excluding hydrogens is 444 g/mol. The van der Waals surface area contributed by atoms with Crippen LogP contribution in [0.25, 0.3) is 22.9 Å². The minimum absolute atomic E-state index is 0.0386. The van der Waals surface area contributed by atoms with E-state index in [-0.39, 0.29) is 23.1 Å². The molecule has 0 atom stereocenters. The number of benzene rings is 3. The SMILES string of the molecule is Cc1cccc(-c2nnc(-c3ccc(C(=O)N4CCN(C(=O)c5ccccc5O)CC4)cc3)o2)c1. The molecule has 0 aliphatic carbocycles. The lowest BCUT2D eigenvalue weighted by molar-refractivity contribution is 0.0533. The van der Waals surface area contributed by atoms with Gasteiger partial charge in [-0.05, 0) is 55.5 Å². The van der Waals surface area contributed by atoms with Crippen LogP contribution >= 0.6 is 0 Å². The maximum Gasteiger partial charge on any atom is 0.257 e. The average Bonchev–Trinajstić information content (AvgIpc) is 3.39. The number of aryl methyl sites for hydroxylation is 1. The van der Waals surface area contributed by atoms with Crippen molar-refractivity contribution < 1.29 is 19.1 Å². The van der Waals surface area contributed by atoms with E-state index in [0.717, 1.165) is 16.7 Å². The van der Waals surface area contributed by atoms with Gasteiger partial charge in [-0.15, -0.1) is 10.2 Å². The van der Waals surface area contributed by atoms with Gasteiger partial charge in [0.1, 0.15) is 5.75 Å². The molecule has 0 spiro atoms. The number of aromatic nitrogens is 2. The summed E-state index contributed by atoms with van der Waals surface area (Å²) in [7, 11) is 0. The van der Waals surface area contributed by atoms with Gasteiger partial charge < -0.3 is 19.3 Å². The summed E-state index contributed by atoms with van der Waals surface area (Å²) in [5.74, 6) is 0.460. The largest absolute Gasteiger partial charge is 0.507 e. The van der Waals surface area contributed by atoms with Crippen LogP contribution < -0.4 is 0 Å². The van der Waals surface area contributed by atoms with Crippen LogP contribution in [0.2, 0.25) is 0 Å². The van der Waals surface area contributed by atoms with E-state index in [9.17, 15) is 14.7 Å². The zero-order valence-corrected chi connectivity index (χ0v) is 19.2. The number of rotatable bonds is 4. The van der Waals surface area contributed by atoms with Gasteiger partial charge >= 0.3 is 0 Å². The molecule has 1 N–H and O–H groups in total. The van der Waals surface area contributed by atoms with Gasteiger partial charge in [-0.3, -0.25) is 9.59 Å². The molecule has 35 heavy (non-hydrogen) atoms. The Labute approximate surface area is 202 Å². The van der Waals surface area contributed by atoms with Gasteiger partial charge in [0.2, 0.25) is 11.8 Å². The second-order valence-electron chi connectivity index (χ2n) is 8.46. The van der Waals surface area contributed by atoms with Gasteiger partial charge in [-0.1, -0.05) is 29.8 Å². The van der Waals surface area contributed by atoms with Crippen LogP contribution in [0.5, 0.6) is 5.75 Å². The number of hydrogen-bond donors (Lipinski definition) is 1. The van der Waals surface area contributed by atoms with E-state index in [1.54, 1.807) is 52.3 Å². The maximum absolute atomic E-state index is 13.0. The second kappa shape index (κ2) is 9.42. The molecule has 0 bridgehead atoms. The lowest BCUT2D eigenvalue weighted by Crippen LogP contribution is -2.50. The summed E-state index contributed by atoms with van der Waals surface area (Å²) < 4.78 is 5.83. The Morgan fingerprint density at radius 2 is 1.40 bits per heavy atom. The molecule has 5 rings (SSSR count). The van der Waals surface area contributed by atoms with Gasteiger partial charge in [0.15, 0.2) is 0 Å². The van der Waals surface area contributed by atoms with Crippen molar-refractivity contribution >= 4 is 11.8 Å². The Balaban J connectivity index is 1.22. The lowest BCUT2D eigenvalue weighted by atomic mass is 10.1. The number of phenolic OH excluding ortho intramolecular Hbond substituents is 1. The minimum atomic E-state index is -0.232. The zero-order chi connectivity index (χ0) is 24.4. The number of amides is 2. The van der Waals surface area contributed by atoms with Gasteiger partial charge in [0, 0.05) is 42.9 Å². The molecule has 8 nitrogen and oxygen atoms in total. The van der Waals surface area contributed by atoms with E-state index in [0.29, 0.717) is 43.5 Å². The van der Waals surface area contributed by atoms with Gasteiger partial charge in [-0.2, -0.15) is 0 Å². The molecular formula is C27H24N4O4. The van der Waals surface area contributed by atoms with Gasteiger partial charge in [0.05, 0.1) is 5.56 Å². The van der Waals surface area contributed by atoms with E-state index in [1.165, 1.54) is 6.07 Å². The first-order valence-corrected chi connectivity index (χ1v) is 11.4. The first-order valence-electron chi connectivity index (χ1n) is 11.4. The Bertz CT molecular complexity index is 1370. The third-order valence-electron chi connectivity index (χ3n) is 6.06. The third kappa shape index (κ3) is 4.63. The lowest BCUT2D eigenvalue weighted by Gasteiger charge is -2.35. The van der Waals surface area contributed by atoms with Gasteiger partial charge in [0.25, 0.3) is 11.8 Å². The van der Waals surface area contributed by atoms with E-state index < -0.39 is 0 Å². The summed E-state index contributed by atoms with van der Waals surface area (Å²) in [5, 5.41) is 18.2. The highest BCUT2D eigenvalue weighted by atomic mass is 16.4. The molecule has 176 valence electrons. The van der Waals surface area contributed by atoms with Crippen LogP contribution in [0.3, 0.4) is 0 Å². The summed E-state index contributed by atoms with van der Waals surface area (Å²) in [5.41, 5.74) is 3.51. The highest BCUT2D eigenvalue weighted by Gasteiger charge is 2.26. The zero-order valence-electron chi connectivity index (χ0n) is 19.2. The Hall–Kier alpha value is -4.46. The molecule has 2 heterocycles. The first-order chi connectivity index (χ1) is 17.0. The Morgan fingerprint density at radius 3 is 2.06 bits per heavy atom. The highest BCUT2D eigenvalue weighted by Crippen LogP contribution is 2.25. The topological polar surface area (TPSA) is 99.8 Å². The first kappa shape index (κ1) is 22.3. The fourth-order valence-electron chi connectivity index (χ4n) is 4.11. The number of hydrogen-bond acceptors (Lipinski definition) is 6. The second-order valence-corrected chi connectivity index (χ2v) is 8.46. The molecule has 3 aromatic carbocycles. The van der Waals surface area contributed by atoms with Gasteiger partial charge in [-0.25, -0.2) is 0 Å². The smallest absolute Gasteiger partial charge is 0.257 e.